The second kappa shape index (κ2) is 4.13. The molecule has 2 aliphatic heterocycles. The van der Waals surface area contributed by atoms with E-state index in [1.807, 2.05) is 74.3 Å². The molecule has 2 aliphatic rings. The second-order valence-corrected chi connectivity index (χ2v) is 5.78. The van der Waals surface area contributed by atoms with E-state index in [1.54, 1.807) is 0 Å². The molecular weight excluding hydrogens is 252 g/mol. The minimum Gasteiger partial charge on any atom is -0.406 e. The third-order valence-electron chi connectivity index (χ3n) is 3.63. The predicted octanol–water partition coefficient (Wildman–Crippen LogP) is 3.28. The number of fused-ring (bicyclic) bond motifs is 3. The number of allylic oxidation sites excluding steroid dienone is 1. The number of carbonyl (C=O) groups is 1. The van der Waals surface area contributed by atoms with E-state index >= 15 is 0 Å². The van der Waals surface area contributed by atoms with Crippen LogP contribution in [0, 0.1) is 0 Å². The van der Waals surface area contributed by atoms with Gasteiger partial charge < -0.3 is 4.74 Å². The summed E-state index contributed by atoms with van der Waals surface area (Å²) >= 11 is 0. The number of rotatable bonds is 0. The monoisotopic (exact) mass is 270 g/mol. The van der Waals surface area contributed by atoms with Crippen molar-refractivity contribution in [2.75, 3.05) is 5.01 Å². The molecule has 1 aromatic carbocycles. The molecule has 1 saturated heterocycles. The van der Waals surface area contributed by atoms with Gasteiger partial charge in [-0.2, -0.15) is 0 Å². The molecule has 0 radical (unpaired) electrons. The highest BCUT2D eigenvalue weighted by molar-refractivity contribution is 5.88. The van der Waals surface area contributed by atoms with Gasteiger partial charge >= 0.3 is 5.97 Å². The third-order valence-corrected chi connectivity index (χ3v) is 3.63. The first-order chi connectivity index (χ1) is 9.43. The summed E-state index contributed by atoms with van der Waals surface area (Å²) in [6, 6.07) is 8.04. The van der Waals surface area contributed by atoms with Crippen LogP contribution in [0.1, 0.15) is 33.3 Å². The average molecular weight is 270 g/mol. The van der Waals surface area contributed by atoms with Crippen molar-refractivity contribution in [2.45, 2.75) is 33.2 Å². The van der Waals surface area contributed by atoms with E-state index in [2.05, 4.69) is 0 Å². The van der Waals surface area contributed by atoms with Crippen molar-refractivity contribution < 1.29 is 9.53 Å². The number of esters is 1. The Kier molecular flexibility index (Phi) is 2.64. The topological polar surface area (TPSA) is 32.8 Å². The fraction of sp³-hybridized carbons (Fsp3) is 0.312. The number of hydrazine groups is 1. The lowest BCUT2D eigenvalue weighted by Crippen LogP contribution is -2.62. The smallest absolute Gasteiger partial charge is 0.340 e. The molecule has 3 rings (SSSR count). The van der Waals surface area contributed by atoms with Crippen LogP contribution in [0.25, 0.3) is 6.08 Å². The number of hydrogen-bond acceptors (Lipinski definition) is 4. The van der Waals surface area contributed by atoms with Crippen LogP contribution >= 0.6 is 0 Å². The molecule has 0 unspecified atom stereocenters. The van der Waals surface area contributed by atoms with Gasteiger partial charge in [-0.05, 0) is 45.4 Å². The van der Waals surface area contributed by atoms with Crippen LogP contribution in [0.2, 0.25) is 0 Å². The predicted molar refractivity (Wildman–Crippen MR) is 78.3 cm³/mol. The van der Waals surface area contributed by atoms with Gasteiger partial charge in [-0.1, -0.05) is 18.2 Å². The first-order valence-corrected chi connectivity index (χ1v) is 6.69. The summed E-state index contributed by atoms with van der Waals surface area (Å²) in [7, 11) is 0. The largest absolute Gasteiger partial charge is 0.406 e. The molecule has 0 N–H and O–H groups in total. The van der Waals surface area contributed by atoms with Gasteiger partial charge in [-0.3, -0.25) is 5.01 Å². The molecule has 0 bridgehead atoms. The van der Waals surface area contributed by atoms with Crippen LogP contribution in [-0.4, -0.2) is 16.5 Å². The first-order valence-electron chi connectivity index (χ1n) is 6.69. The maximum Gasteiger partial charge on any atom is 0.340 e. The standard InChI is InChI=1S/C16H18N2O2/c1-11(2)14-17-10-9-12-7-5-6-8-13(12)18(17)16(3,4)15(19)20-14/h5-10H,1-4H3. The molecule has 0 spiro atoms. The fourth-order valence-electron chi connectivity index (χ4n) is 2.56. The summed E-state index contributed by atoms with van der Waals surface area (Å²) in [5, 5.41) is 3.91. The molecular formula is C16H18N2O2. The molecule has 0 aliphatic carbocycles. The van der Waals surface area contributed by atoms with E-state index < -0.39 is 5.54 Å². The second-order valence-electron chi connectivity index (χ2n) is 5.78. The van der Waals surface area contributed by atoms with Gasteiger partial charge in [0.1, 0.15) is 0 Å². The van der Waals surface area contributed by atoms with E-state index in [-0.39, 0.29) is 5.97 Å². The molecule has 0 saturated carbocycles. The number of benzene rings is 1. The molecule has 2 heterocycles. The maximum atomic E-state index is 12.3. The number of carbonyl (C=O) groups excluding carboxylic acids is 1. The SMILES string of the molecule is CC(C)=C1OC(=O)C(C)(C)N2c3ccccc3C=CN12. The molecule has 1 aromatic rings. The molecule has 0 atom stereocenters. The number of anilines is 1. The van der Waals surface area contributed by atoms with E-state index in [0.717, 1.165) is 16.8 Å². The normalized spacial score (nSPS) is 19.4. The number of ether oxygens (including phenoxy) is 1. The molecule has 1 fully saturated rings. The lowest BCUT2D eigenvalue weighted by atomic mass is 10.00. The Bertz CT molecular complexity index is 640. The minimum absolute atomic E-state index is 0.241. The van der Waals surface area contributed by atoms with Gasteiger partial charge in [-0.15, -0.1) is 0 Å². The van der Waals surface area contributed by atoms with Crippen molar-refractivity contribution >= 4 is 17.7 Å². The van der Waals surface area contributed by atoms with Crippen molar-refractivity contribution in [3.63, 3.8) is 0 Å². The minimum atomic E-state index is -0.750. The average Bonchev–Trinajstić information content (AvgIpc) is 2.41. The molecule has 4 nitrogen and oxygen atoms in total. The molecule has 0 amide bonds. The zero-order chi connectivity index (χ0) is 14.5. The van der Waals surface area contributed by atoms with Crippen LogP contribution < -0.4 is 5.01 Å². The zero-order valence-electron chi connectivity index (χ0n) is 12.2. The Morgan fingerprint density at radius 1 is 1.20 bits per heavy atom. The van der Waals surface area contributed by atoms with Gasteiger partial charge in [0.05, 0.1) is 5.69 Å². The van der Waals surface area contributed by atoms with E-state index in [1.165, 1.54) is 0 Å². The Labute approximate surface area is 118 Å². The number of cyclic esters (lactones) is 1. The third kappa shape index (κ3) is 1.64. The number of nitrogens with zero attached hydrogens (tertiary/aromatic N) is 2. The number of para-hydroxylation sites is 1. The summed E-state index contributed by atoms with van der Waals surface area (Å²) < 4.78 is 5.52. The quantitative estimate of drug-likeness (QED) is 0.677. The fourth-order valence-corrected chi connectivity index (χ4v) is 2.56. The van der Waals surface area contributed by atoms with Crippen LogP contribution in [0.4, 0.5) is 5.69 Å². The van der Waals surface area contributed by atoms with Crippen LogP contribution in [0.3, 0.4) is 0 Å². The Hall–Kier alpha value is -2.23. The highest BCUT2D eigenvalue weighted by Gasteiger charge is 2.47. The van der Waals surface area contributed by atoms with Crippen molar-refractivity contribution in [1.29, 1.82) is 0 Å². The van der Waals surface area contributed by atoms with Crippen molar-refractivity contribution in [2.24, 2.45) is 0 Å². The summed E-state index contributed by atoms with van der Waals surface area (Å²) in [6.07, 6.45) is 3.98. The zero-order valence-corrected chi connectivity index (χ0v) is 12.2. The molecule has 4 heteroatoms. The van der Waals surface area contributed by atoms with Crippen molar-refractivity contribution in [3.05, 3.63) is 47.5 Å². The Morgan fingerprint density at radius 3 is 2.60 bits per heavy atom. The molecule has 0 aromatic heterocycles. The lowest BCUT2D eigenvalue weighted by Gasteiger charge is -2.50. The summed E-state index contributed by atoms with van der Waals surface area (Å²) in [6.45, 7) is 7.63. The van der Waals surface area contributed by atoms with Gasteiger partial charge in [0.15, 0.2) is 5.54 Å². The van der Waals surface area contributed by atoms with E-state index in [9.17, 15) is 4.79 Å². The van der Waals surface area contributed by atoms with Crippen molar-refractivity contribution in [1.82, 2.24) is 5.01 Å². The van der Waals surface area contributed by atoms with Crippen LogP contribution in [0.5, 0.6) is 0 Å². The highest BCUT2D eigenvalue weighted by Crippen LogP contribution is 2.40. The van der Waals surface area contributed by atoms with E-state index in [0.29, 0.717) is 5.88 Å². The molecule has 104 valence electrons. The summed E-state index contributed by atoms with van der Waals surface area (Å²) in [4.78, 5) is 12.3. The highest BCUT2D eigenvalue weighted by atomic mass is 16.6. The van der Waals surface area contributed by atoms with E-state index in [4.69, 9.17) is 4.74 Å². The van der Waals surface area contributed by atoms with Crippen LogP contribution in [0.15, 0.2) is 41.9 Å². The summed E-state index contributed by atoms with van der Waals surface area (Å²) in [5.41, 5.74) is 2.32. The van der Waals surface area contributed by atoms with Gasteiger partial charge in [0, 0.05) is 11.8 Å². The number of hydrogen-bond donors (Lipinski definition) is 0. The maximum absolute atomic E-state index is 12.3. The van der Waals surface area contributed by atoms with Gasteiger partial charge in [-0.25, -0.2) is 9.80 Å². The van der Waals surface area contributed by atoms with Gasteiger partial charge in [0.25, 0.3) is 0 Å². The van der Waals surface area contributed by atoms with Crippen LogP contribution in [-0.2, 0) is 9.53 Å². The van der Waals surface area contributed by atoms with Gasteiger partial charge in [0.2, 0.25) is 5.88 Å². The lowest BCUT2D eigenvalue weighted by molar-refractivity contribution is -0.153. The Morgan fingerprint density at radius 2 is 1.90 bits per heavy atom. The Balaban J connectivity index is 2.22. The first kappa shape index (κ1) is 12.8. The van der Waals surface area contributed by atoms with Crippen molar-refractivity contribution in [3.8, 4) is 0 Å². The summed E-state index contributed by atoms with van der Waals surface area (Å²) in [5.74, 6) is 0.343. The molecule has 20 heavy (non-hydrogen) atoms.